The lowest BCUT2D eigenvalue weighted by atomic mass is 9.91. The SMILES string of the molecule is Cc1cc(C(=O)N2Cc3ccccc3CC2CN2CCOCC2)c(-c2cc(C(=O)N(Cc3ccccc3)c3ccccc3)c(C)n2C)cc1C(F)F. The van der Waals surface area contributed by atoms with Crippen LogP contribution in [0.15, 0.2) is 103 Å². The smallest absolute Gasteiger partial charge is 0.264 e. The zero-order chi connectivity index (χ0) is 36.4. The topological polar surface area (TPSA) is 58.0 Å². The lowest BCUT2D eigenvalue weighted by Gasteiger charge is -2.40. The number of amides is 2. The van der Waals surface area contributed by atoms with Crippen molar-refractivity contribution in [1.82, 2.24) is 14.4 Å². The van der Waals surface area contributed by atoms with Gasteiger partial charge in [0.15, 0.2) is 0 Å². The largest absolute Gasteiger partial charge is 0.379 e. The van der Waals surface area contributed by atoms with Gasteiger partial charge in [-0.1, -0.05) is 72.8 Å². The van der Waals surface area contributed by atoms with E-state index in [1.165, 1.54) is 11.6 Å². The van der Waals surface area contributed by atoms with Gasteiger partial charge in [-0.05, 0) is 72.9 Å². The number of morpholine rings is 1. The highest BCUT2D eigenvalue weighted by Gasteiger charge is 2.34. The monoisotopic (exact) mass is 702 g/mol. The molecule has 7 rings (SSSR count). The standard InChI is InChI=1S/C43H44F2N4O3/c1-29-22-39(43(51)49-27-33-15-11-10-14-32(33)23-35(49)28-47-18-20-52-21-19-47)38(24-36(29)41(44)45)40-25-37(30(2)46(40)3)42(50)48(34-16-8-5-9-17-34)26-31-12-6-4-7-13-31/h4-17,22,24-25,35,41H,18-21,23,26-28H2,1-3H3. The second kappa shape index (κ2) is 15.2. The Morgan fingerprint density at radius 3 is 2.19 bits per heavy atom. The molecule has 0 bridgehead atoms. The minimum Gasteiger partial charge on any atom is -0.379 e. The zero-order valence-electron chi connectivity index (χ0n) is 29.9. The van der Waals surface area contributed by atoms with E-state index in [0.717, 1.165) is 29.9 Å². The van der Waals surface area contributed by atoms with Gasteiger partial charge in [-0.25, -0.2) is 8.78 Å². The molecule has 2 aliphatic rings. The molecule has 3 heterocycles. The van der Waals surface area contributed by atoms with Crippen molar-refractivity contribution in [2.24, 2.45) is 7.05 Å². The van der Waals surface area contributed by atoms with Crippen molar-refractivity contribution in [3.8, 4) is 11.3 Å². The molecule has 1 fully saturated rings. The van der Waals surface area contributed by atoms with E-state index in [2.05, 4.69) is 17.0 Å². The summed E-state index contributed by atoms with van der Waals surface area (Å²) in [5.74, 6) is -0.435. The number of alkyl halides is 2. The van der Waals surface area contributed by atoms with Crippen molar-refractivity contribution < 1.29 is 23.1 Å². The summed E-state index contributed by atoms with van der Waals surface area (Å²) < 4.78 is 36.5. The van der Waals surface area contributed by atoms with Crippen LogP contribution in [0.3, 0.4) is 0 Å². The van der Waals surface area contributed by atoms with Crippen LogP contribution in [-0.2, 0) is 31.3 Å². The summed E-state index contributed by atoms with van der Waals surface area (Å²) in [7, 11) is 1.82. The van der Waals surface area contributed by atoms with Gasteiger partial charge in [-0.2, -0.15) is 0 Å². The van der Waals surface area contributed by atoms with Crippen LogP contribution in [0.2, 0.25) is 0 Å². The Hall–Kier alpha value is -5.12. The van der Waals surface area contributed by atoms with Crippen LogP contribution in [0.5, 0.6) is 0 Å². The molecule has 2 amide bonds. The number of carbonyl (C=O) groups is 2. The Morgan fingerprint density at radius 1 is 0.846 bits per heavy atom. The first-order chi connectivity index (χ1) is 25.2. The molecule has 0 aliphatic carbocycles. The summed E-state index contributed by atoms with van der Waals surface area (Å²) in [4.78, 5) is 35.4. The summed E-state index contributed by atoms with van der Waals surface area (Å²) in [6, 6.07) is 32.2. The van der Waals surface area contributed by atoms with Gasteiger partial charge >= 0.3 is 0 Å². The average Bonchev–Trinajstić information content (AvgIpc) is 3.46. The minimum atomic E-state index is -2.74. The molecule has 0 saturated carbocycles. The molecule has 0 N–H and O–H groups in total. The van der Waals surface area contributed by atoms with E-state index in [1.807, 2.05) is 96.2 Å². The third-order valence-corrected chi connectivity index (χ3v) is 10.6. The number of halogens is 2. The van der Waals surface area contributed by atoms with Crippen molar-refractivity contribution in [3.05, 3.63) is 148 Å². The second-order valence-electron chi connectivity index (χ2n) is 13.8. The van der Waals surface area contributed by atoms with Gasteiger partial charge in [0.1, 0.15) is 0 Å². The fourth-order valence-electron chi connectivity index (χ4n) is 7.55. The number of anilines is 1. The Bertz CT molecular complexity index is 2060. The summed E-state index contributed by atoms with van der Waals surface area (Å²) in [6.07, 6.45) is -2.04. The van der Waals surface area contributed by atoms with E-state index in [4.69, 9.17) is 4.74 Å². The van der Waals surface area contributed by atoms with Crippen molar-refractivity contribution in [1.29, 1.82) is 0 Å². The number of rotatable bonds is 9. The van der Waals surface area contributed by atoms with Gasteiger partial charge in [-0.15, -0.1) is 0 Å². The van der Waals surface area contributed by atoms with Crippen molar-refractivity contribution >= 4 is 17.5 Å². The number of hydrogen-bond donors (Lipinski definition) is 0. The first-order valence-electron chi connectivity index (χ1n) is 17.9. The number of para-hydroxylation sites is 1. The second-order valence-corrected chi connectivity index (χ2v) is 13.8. The van der Waals surface area contributed by atoms with E-state index in [-0.39, 0.29) is 23.4 Å². The van der Waals surface area contributed by atoms with Gasteiger partial charge < -0.3 is 19.1 Å². The summed E-state index contributed by atoms with van der Waals surface area (Å²) in [5.41, 5.74) is 6.59. The lowest BCUT2D eigenvalue weighted by Crippen LogP contribution is -2.52. The molecule has 1 saturated heterocycles. The Kier molecular flexibility index (Phi) is 10.3. The van der Waals surface area contributed by atoms with Crippen LogP contribution in [-0.4, -0.2) is 65.1 Å². The Labute approximate surface area is 304 Å². The molecule has 9 heteroatoms. The summed E-state index contributed by atoms with van der Waals surface area (Å²) in [6.45, 7) is 7.81. The molecule has 2 aliphatic heterocycles. The zero-order valence-corrected chi connectivity index (χ0v) is 29.9. The maximum Gasteiger partial charge on any atom is 0.264 e. The number of hydrogen-bond acceptors (Lipinski definition) is 4. The van der Waals surface area contributed by atoms with Crippen LogP contribution in [0, 0.1) is 13.8 Å². The van der Waals surface area contributed by atoms with E-state index >= 15 is 0 Å². The highest BCUT2D eigenvalue weighted by atomic mass is 19.3. The van der Waals surface area contributed by atoms with Crippen molar-refractivity contribution in [2.75, 3.05) is 37.7 Å². The third kappa shape index (κ3) is 7.16. The van der Waals surface area contributed by atoms with Crippen LogP contribution in [0.1, 0.15) is 60.7 Å². The van der Waals surface area contributed by atoms with Crippen LogP contribution in [0.25, 0.3) is 11.3 Å². The van der Waals surface area contributed by atoms with Gasteiger partial charge in [-0.3, -0.25) is 14.5 Å². The molecular weight excluding hydrogens is 658 g/mol. The van der Waals surface area contributed by atoms with E-state index in [1.54, 1.807) is 24.0 Å². The van der Waals surface area contributed by atoms with Gasteiger partial charge in [0, 0.05) is 73.0 Å². The van der Waals surface area contributed by atoms with Crippen LogP contribution >= 0.6 is 0 Å². The number of fused-ring (bicyclic) bond motifs is 1. The number of aromatic nitrogens is 1. The highest BCUT2D eigenvalue weighted by molar-refractivity contribution is 6.08. The van der Waals surface area contributed by atoms with Crippen LogP contribution < -0.4 is 4.90 Å². The van der Waals surface area contributed by atoms with Crippen LogP contribution in [0.4, 0.5) is 14.5 Å². The number of carbonyl (C=O) groups excluding carboxylic acids is 2. The molecule has 1 unspecified atom stereocenters. The summed E-state index contributed by atoms with van der Waals surface area (Å²) in [5, 5.41) is 0. The molecule has 4 aromatic carbocycles. The Morgan fingerprint density at radius 2 is 1.50 bits per heavy atom. The quantitative estimate of drug-likeness (QED) is 0.156. The molecule has 52 heavy (non-hydrogen) atoms. The molecule has 5 aromatic rings. The number of benzene rings is 4. The predicted octanol–water partition coefficient (Wildman–Crippen LogP) is 7.99. The fraction of sp³-hybridized carbons (Fsp3) is 0.302. The first kappa shape index (κ1) is 35.3. The first-order valence-corrected chi connectivity index (χ1v) is 17.9. The van der Waals surface area contributed by atoms with Gasteiger partial charge in [0.25, 0.3) is 18.2 Å². The van der Waals surface area contributed by atoms with E-state index in [0.29, 0.717) is 72.9 Å². The number of nitrogens with zero attached hydrogens (tertiary/aromatic N) is 4. The normalized spacial score (nSPS) is 16.2. The number of ether oxygens (including phenoxy) is 1. The van der Waals surface area contributed by atoms with Crippen molar-refractivity contribution in [3.63, 3.8) is 0 Å². The average molecular weight is 703 g/mol. The maximum atomic E-state index is 14.9. The molecule has 0 radical (unpaired) electrons. The van der Waals surface area contributed by atoms with E-state index in [9.17, 15) is 18.4 Å². The number of aryl methyl sites for hydroxylation is 1. The molecule has 0 spiro atoms. The summed E-state index contributed by atoms with van der Waals surface area (Å²) >= 11 is 0. The highest BCUT2D eigenvalue weighted by Crippen LogP contribution is 2.37. The molecular formula is C43H44F2N4O3. The minimum absolute atomic E-state index is 0.117. The third-order valence-electron chi connectivity index (χ3n) is 10.6. The van der Waals surface area contributed by atoms with Crippen molar-refractivity contribution in [2.45, 2.75) is 45.8 Å². The molecule has 1 aromatic heterocycles. The fourth-order valence-corrected chi connectivity index (χ4v) is 7.55. The lowest BCUT2D eigenvalue weighted by molar-refractivity contribution is 0.0193. The molecule has 268 valence electrons. The predicted molar refractivity (Wildman–Crippen MR) is 200 cm³/mol. The molecule has 1 atom stereocenters. The van der Waals surface area contributed by atoms with E-state index < -0.39 is 6.43 Å². The Balaban J connectivity index is 1.30. The van der Waals surface area contributed by atoms with Gasteiger partial charge in [0.05, 0.1) is 25.3 Å². The molecule has 7 nitrogen and oxygen atoms in total. The van der Waals surface area contributed by atoms with Gasteiger partial charge in [0.2, 0.25) is 0 Å². The maximum absolute atomic E-state index is 14.9.